The molecule has 0 amide bonds. The highest BCUT2D eigenvalue weighted by Gasteiger charge is 2.32. The first-order valence-electron chi connectivity index (χ1n) is 10.6. The molecule has 4 rings (SSSR count). The molecule has 0 fully saturated rings. The molecule has 0 radical (unpaired) electrons. The number of ether oxygens (including phenoxy) is 3. The van der Waals surface area contributed by atoms with E-state index >= 15 is 0 Å². The summed E-state index contributed by atoms with van der Waals surface area (Å²) in [5.74, 6) is -1.94. The molecular formula is C27H22N2O6. The molecule has 0 aliphatic heterocycles. The summed E-state index contributed by atoms with van der Waals surface area (Å²) in [5, 5.41) is 4.67. The second kappa shape index (κ2) is 10.0. The van der Waals surface area contributed by atoms with Crippen LogP contribution in [0.15, 0.2) is 78.9 Å². The largest absolute Gasteiger partial charge is 0.465 e. The van der Waals surface area contributed by atoms with Gasteiger partial charge in [-0.05, 0) is 35.4 Å². The van der Waals surface area contributed by atoms with Crippen molar-refractivity contribution in [3.63, 3.8) is 0 Å². The first-order chi connectivity index (χ1) is 17.0. The number of hydrogen-bond acceptors (Lipinski definition) is 7. The van der Waals surface area contributed by atoms with Gasteiger partial charge in [0.25, 0.3) is 0 Å². The molecule has 8 nitrogen and oxygen atoms in total. The van der Waals surface area contributed by atoms with Crippen LogP contribution in [0.5, 0.6) is 0 Å². The summed E-state index contributed by atoms with van der Waals surface area (Å²) in [6.07, 6.45) is 0. The van der Waals surface area contributed by atoms with Crippen molar-refractivity contribution in [2.45, 2.75) is 0 Å². The van der Waals surface area contributed by atoms with Crippen LogP contribution in [0, 0.1) is 0 Å². The second-order valence-corrected chi connectivity index (χ2v) is 7.42. The number of nitrogens with zero attached hydrogens (tertiary/aromatic N) is 2. The zero-order chi connectivity index (χ0) is 24.9. The van der Waals surface area contributed by atoms with E-state index in [0.717, 1.165) is 0 Å². The summed E-state index contributed by atoms with van der Waals surface area (Å²) in [7, 11) is 3.78. The van der Waals surface area contributed by atoms with Crippen molar-refractivity contribution in [3.05, 3.63) is 95.7 Å². The van der Waals surface area contributed by atoms with Crippen LogP contribution in [-0.2, 0) is 14.2 Å². The van der Waals surface area contributed by atoms with E-state index in [4.69, 9.17) is 14.2 Å². The van der Waals surface area contributed by atoms with Crippen LogP contribution in [0.3, 0.4) is 0 Å². The van der Waals surface area contributed by atoms with Gasteiger partial charge in [-0.2, -0.15) is 5.10 Å². The van der Waals surface area contributed by atoms with Crippen LogP contribution >= 0.6 is 0 Å². The van der Waals surface area contributed by atoms with Gasteiger partial charge in [-0.3, -0.25) is 0 Å². The van der Waals surface area contributed by atoms with E-state index in [1.54, 1.807) is 54.6 Å². The van der Waals surface area contributed by atoms with Gasteiger partial charge in [0.05, 0.1) is 32.6 Å². The number of para-hydroxylation sites is 1. The molecule has 0 unspecified atom stereocenters. The number of benzene rings is 3. The number of rotatable bonds is 6. The minimum Gasteiger partial charge on any atom is -0.465 e. The topological polar surface area (TPSA) is 96.7 Å². The van der Waals surface area contributed by atoms with Crippen LogP contribution in [0.4, 0.5) is 0 Å². The van der Waals surface area contributed by atoms with Crippen molar-refractivity contribution in [1.82, 2.24) is 9.78 Å². The predicted octanol–water partition coefficient (Wildman–Crippen LogP) is 4.57. The summed E-state index contributed by atoms with van der Waals surface area (Å²) < 4.78 is 16.2. The molecule has 4 aromatic rings. The maximum Gasteiger partial charge on any atom is 0.357 e. The molecule has 0 bridgehead atoms. The maximum atomic E-state index is 13.0. The Morgan fingerprint density at radius 1 is 0.686 bits per heavy atom. The second-order valence-electron chi connectivity index (χ2n) is 7.42. The average Bonchev–Trinajstić information content (AvgIpc) is 3.33. The third-order valence-corrected chi connectivity index (χ3v) is 5.43. The normalized spacial score (nSPS) is 10.5. The standard InChI is InChI=1S/C27H22N2O6/c1-33-25(30)18-11-9-10-17(16-18)20-14-7-8-15-21(20)23-22(26(31)34-2)24(27(32)35-3)29(28-23)19-12-5-4-6-13-19/h4-16H,1-3H3. The highest BCUT2D eigenvalue weighted by molar-refractivity contribution is 6.08. The summed E-state index contributed by atoms with van der Waals surface area (Å²) in [4.78, 5) is 37.9. The molecule has 0 aliphatic rings. The fourth-order valence-electron chi connectivity index (χ4n) is 3.82. The van der Waals surface area contributed by atoms with Gasteiger partial charge in [0.1, 0.15) is 11.3 Å². The highest BCUT2D eigenvalue weighted by atomic mass is 16.5. The number of aromatic nitrogens is 2. The monoisotopic (exact) mass is 470 g/mol. The molecule has 8 heteroatoms. The van der Waals surface area contributed by atoms with Crippen molar-refractivity contribution in [3.8, 4) is 28.1 Å². The molecule has 0 N–H and O–H groups in total. The lowest BCUT2D eigenvalue weighted by molar-refractivity contribution is 0.0549. The summed E-state index contributed by atoms with van der Waals surface area (Å²) in [6.45, 7) is 0. The molecule has 35 heavy (non-hydrogen) atoms. The first kappa shape index (κ1) is 23.4. The number of esters is 3. The summed E-state index contributed by atoms with van der Waals surface area (Å²) >= 11 is 0. The van der Waals surface area contributed by atoms with E-state index in [0.29, 0.717) is 27.9 Å². The lowest BCUT2D eigenvalue weighted by atomic mass is 9.94. The van der Waals surface area contributed by atoms with Gasteiger partial charge in [-0.1, -0.05) is 54.6 Å². The van der Waals surface area contributed by atoms with Gasteiger partial charge >= 0.3 is 17.9 Å². The molecule has 176 valence electrons. The van der Waals surface area contributed by atoms with E-state index in [1.165, 1.54) is 26.0 Å². The van der Waals surface area contributed by atoms with Gasteiger partial charge in [0.15, 0.2) is 5.69 Å². The van der Waals surface area contributed by atoms with Gasteiger partial charge in [0.2, 0.25) is 0 Å². The Bertz CT molecular complexity index is 1410. The SMILES string of the molecule is COC(=O)c1cccc(-c2ccccc2-c2nn(-c3ccccc3)c(C(=O)OC)c2C(=O)OC)c1. The van der Waals surface area contributed by atoms with Crippen molar-refractivity contribution < 1.29 is 28.6 Å². The van der Waals surface area contributed by atoms with Crippen LogP contribution < -0.4 is 0 Å². The number of carbonyl (C=O) groups is 3. The molecule has 1 aromatic heterocycles. The molecule has 0 saturated heterocycles. The first-order valence-corrected chi connectivity index (χ1v) is 10.6. The van der Waals surface area contributed by atoms with Crippen molar-refractivity contribution >= 4 is 17.9 Å². The van der Waals surface area contributed by atoms with Crippen LogP contribution in [-0.4, -0.2) is 49.0 Å². The lowest BCUT2D eigenvalue weighted by Crippen LogP contribution is -2.15. The fraction of sp³-hybridized carbons (Fsp3) is 0.111. The van der Waals surface area contributed by atoms with Crippen molar-refractivity contribution in [2.75, 3.05) is 21.3 Å². The molecule has 1 heterocycles. The minimum atomic E-state index is -0.738. The molecular weight excluding hydrogens is 448 g/mol. The Kier molecular flexibility index (Phi) is 6.73. The number of carbonyl (C=O) groups excluding carboxylic acids is 3. The summed E-state index contributed by atoms with van der Waals surface area (Å²) in [5.41, 5.74) is 3.05. The highest BCUT2D eigenvalue weighted by Crippen LogP contribution is 2.36. The Hall–Kier alpha value is -4.72. The Labute approximate surface area is 201 Å². The molecule has 0 aliphatic carbocycles. The molecule has 3 aromatic carbocycles. The van der Waals surface area contributed by atoms with Crippen LogP contribution in [0.1, 0.15) is 31.2 Å². The van der Waals surface area contributed by atoms with Crippen molar-refractivity contribution in [1.29, 1.82) is 0 Å². The smallest absolute Gasteiger partial charge is 0.357 e. The van der Waals surface area contributed by atoms with Gasteiger partial charge in [-0.25, -0.2) is 19.1 Å². The fourth-order valence-corrected chi connectivity index (χ4v) is 3.82. The van der Waals surface area contributed by atoms with Crippen LogP contribution in [0.2, 0.25) is 0 Å². The minimum absolute atomic E-state index is 0.0280. The predicted molar refractivity (Wildman–Crippen MR) is 128 cm³/mol. The zero-order valence-electron chi connectivity index (χ0n) is 19.3. The molecule has 0 atom stereocenters. The van der Waals surface area contributed by atoms with E-state index in [1.807, 2.05) is 24.3 Å². The van der Waals surface area contributed by atoms with Gasteiger partial charge in [-0.15, -0.1) is 0 Å². The Morgan fingerprint density at radius 2 is 1.31 bits per heavy atom. The molecule has 0 spiro atoms. The Morgan fingerprint density at radius 3 is 1.97 bits per heavy atom. The third kappa shape index (κ3) is 4.41. The molecule has 0 saturated carbocycles. The van der Waals surface area contributed by atoms with E-state index in [2.05, 4.69) is 5.10 Å². The van der Waals surface area contributed by atoms with Crippen molar-refractivity contribution in [2.24, 2.45) is 0 Å². The van der Waals surface area contributed by atoms with Crippen LogP contribution in [0.25, 0.3) is 28.1 Å². The number of hydrogen-bond donors (Lipinski definition) is 0. The van der Waals surface area contributed by atoms with E-state index in [-0.39, 0.29) is 17.0 Å². The zero-order valence-corrected chi connectivity index (χ0v) is 19.3. The van der Waals surface area contributed by atoms with E-state index in [9.17, 15) is 14.4 Å². The average molecular weight is 470 g/mol. The lowest BCUT2D eigenvalue weighted by Gasteiger charge is -2.10. The Balaban J connectivity index is 2.02. The summed E-state index contributed by atoms with van der Waals surface area (Å²) in [6, 6.07) is 23.1. The maximum absolute atomic E-state index is 13.0. The van der Waals surface area contributed by atoms with E-state index < -0.39 is 17.9 Å². The number of methoxy groups -OCH3 is 3. The quantitative estimate of drug-likeness (QED) is 0.301. The van der Waals surface area contributed by atoms with Gasteiger partial charge in [0, 0.05) is 5.56 Å². The van der Waals surface area contributed by atoms with Gasteiger partial charge < -0.3 is 14.2 Å². The third-order valence-electron chi connectivity index (χ3n) is 5.43.